The summed E-state index contributed by atoms with van der Waals surface area (Å²) in [7, 11) is 0. The molecule has 2 N–H and O–H groups in total. The highest BCUT2D eigenvalue weighted by Gasteiger charge is 2.29. The second-order valence-corrected chi connectivity index (χ2v) is 5.31. The van der Waals surface area contributed by atoms with Crippen LogP contribution in [0.4, 0.5) is 0 Å². The van der Waals surface area contributed by atoms with E-state index in [-0.39, 0.29) is 19.1 Å². The average Bonchev–Trinajstić information content (AvgIpc) is 2.34. The van der Waals surface area contributed by atoms with Crippen LogP contribution < -0.4 is 0 Å². The summed E-state index contributed by atoms with van der Waals surface area (Å²) in [6.45, 7) is 4.93. The monoisotopic (exact) mass is 265 g/mol. The van der Waals surface area contributed by atoms with Crippen LogP contribution in [-0.2, 0) is 11.4 Å². The van der Waals surface area contributed by atoms with Gasteiger partial charge in [-0.1, -0.05) is 12.1 Å². The predicted molar refractivity (Wildman–Crippen MR) is 70.8 cm³/mol. The number of carboxylic acids is 1. The molecule has 0 bridgehead atoms. The molecule has 0 aliphatic heterocycles. The van der Waals surface area contributed by atoms with Crippen molar-refractivity contribution in [2.45, 2.75) is 32.9 Å². The van der Waals surface area contributed by atoms with Gasteiger partial charge in [0.1, 0.15) is 6.54 Å². The molecule has 0 spiro atoms. The molecule has 19 heavy (non-hydrogen) atoms. The van der Waals surface area contributed by atoms with Crippen LogP contribution in [0.15, 0.2) is 24.3 Å². The lowest BCUT2D eigenvalue weighted by atomic mass is 10.0. The van der Waals surface area contributed by atoms with Crippen molar-refractivity contribution in [1.29, 1.82) is 0 Å². The zero-order chi connectivity index (χ0) is 14.6. The third-order valence-corrected chi connectivity index (χ3v) is 2.73. The molecule has 0 aliphatic carbocycles. The van der Waals surface area contributed by atoms with Crippen molar-refractivity contribution in [2.75, 3.05) is 6.54 Å². The lowest BCUT2D eigenvalue weighted by molar-refractivity contribution is -0.138. The lowest BCUT2D eigenvalue weighted by Crippen LogP contribution is -2.48. The summed E-state index contributed by atoms with van der Waals surface area (Å²) in [4.78, 5) is 24.5. The van der Waals surface area contributed by atoms with Crippen molar-refractivity contribution in [3.05, 3.63) is 35.4 Å². The molecule has 0 heterocycles. The minimum Gasteiger partial charge on any atom is -0.480 e. The fourth-order valence-electron chi connectivity index (χ4n) is 1.66. The van der Waals surface area contributed by atoms with Crippen molar-refractivity contribution >= 4 is 11.9 Å². The van der Waals surface area contributed by atoms with Gasteiger partial charge in [-0.2, -0.15) is 0 Å². The summed E-state index contributed by atoms with van der Waals surface area (Å²) in [6.07, 6.45) is 0. The zero-order valence-corrected chi connectivity index (χ0v) is 11.4. The van der Waals surface area contributed by atoms with Crippen LogP contribution >= 0.6 is 0 Å². The molecule has 104 valence electrons. The van der Waals surface area contributed by atoms with Crippen LogP contribution in [0.3, 0.4) is 0 Å². The molecule has 0 aliphatic rings. The van der Waals surface area contributed by atoms with Crippen LogP contribution in [0.5, 0.6) is 0 Å². The normalized spacial score (nSPS) is 11.2. The summed E-state index contributed by atoms with van der Waals surface area (Å²) in [5.74, 6) is -1.38. The lowest BCUT2D eigenvalue weighted by Gasteiger charge is -2.34. The predicted octanol–water partition coefficient (Wildman–Crippen LogP) is 1.50. The first kappa shape index (κ1) is 15.2. The number of nitrogens with zero attached hydrogens (tertiary/aromatic N) is 1. The molecule has 1 amide bonds. The summed E-state index contributed by atoms with van der Waals surface area (Å²) in [6, 6.07) is 6.48. The molecular weight excluding hydrogens is 246 g/mol. The maximum atomic E-state index is 12.3. The number of aliphatic carboxylic acids is 1. The third kappa shape index (κ3) is 4.06. The quantitative estimate of drug-likeness (QED) is 0.865. The smallest absolute Gasteiger partial charge is 0.323 e. The number of amides is 1. The Bertz CT molecular complexity index is 459. The van der Waals surface area contributed by atoms with E-state index in [4.69, 9.17) is 10.2 Å². The maximum Gasteiger partial charge on any atom is 0.323 e. The van der Waals surface area contributed by atoms with Crippen LogP contribution in [0.25, 0.3) is 0 Å². The first-order chi connectivity index (χ1) is 8.75. The summed E-state index contributed by atoms with van der Waals surface area (Å²) >= 11 is 0. The average molecular weight is 265 g/mol. The van der Waals surface area contributed by atoms with E-state index in [0.29, 0.717) is 11.1 Å². The first-order valence-corrected chi connectivity index (χ1v) is 5.99. The van der Waals surface area contributed by atoms with Crippen molar-refractivity contribution in [1.82, 2.24) is 4.90 Å². The molecule has 0 saturated carbocycles. The van der Waals surface area contributed by atoms with E-state index in [9.17, 15) is 9.59 Å². The van der Waals surface area contributed by atoms with E-state index in [1.54, 1.807) is 45.0 Å². The van der Waals surface area contributed by atoms with Crippen LogP contribution in [0, 0.1) is 0 Å². The Kier molecular flexibility index (Phi) is 4.67. The van der Waals surface area contributed by atoms with Crippen LogP contribution in [-0.4, -0.2) is 39.1 Å². The van der Waals surface area contributed by atoms with Gasteiger partial charge in [0.15, 0.2) is 0 Å². The van der Waals surface area contributed by atoms with Crippen molar-refractivity contribution in [2.24, 2.45) is 0 Å². The number of carboxylic acid groups (broad SMARTS) is 1. The molecule has 0 fully saturated rings. The molecular formula is C14H19NO4. The number of carbonyl (C=O) groups is 2. The molecule has 0 radical (unpaired) electrons. The largest absolute Gasteiger partial charge is 0.480 e. The molecule has 5 nitrogen and oxygen atoms in total. The molecule has 1 rings (SSSR count). The fraction of sp³-hybridized carbons (Fsp3) is 0.429. The van der Waals surface area contributed by atoms with Crippen molar-refractivity contribution in [3.8, 4) is 0 Å². The second kappa shape index (κ2) is 5.84. The molecule has 0 saturated heterocycles. The fourth-order valence-corrected chi connectivity index (χ4v) is 1.66. The van der Waals surface area contributed by atoms with E-state index in [2.05, 4.69) is 0 Å². The van der Waals surface area contributed by atoms with Gasteiger partial charge in [0.25, 0.3) is 5.91 Å². The van der Waals surface area contributed by atoms with Crippen molar-refractivity contribution in [3.63, 3.8) is 0 Å². The van der Waals surface area contributed by atoms with Crippen LogP contribution in [0.2, 0.25) is 0 Å². The minimum absolute atomic E-state index is 0.0907. The van der Waals surface area contributed by atoms with Gasteiger partial charge in [0.2, 0.25) is 0 Å². The Balaban J connectivity index is 3.01. The van der Waals surface area contributed by atoms with Gasteiger partial charge in [-0.25, -0.2) is 0 Å². The van der Waals surface area contributed by atoms with Gasteiger partial charge in [-0.3, -0.25) is 9.59 Å². The molecule has 0 unspecified atom stereocenters. The highest BCUT2D eigenvalue weighted by Crippen LogP contribution is 2.17. The molecule has 1 aromatic rings. The summed E-state index contributed by atoms with van der Waals surface area (Å²) in [5.41, 5.74) is 0.538. The summed E-state index contributed by atoms with van der Waals surface area (Å²) in [5, 5.41) is 17.8. The van der Waals surface area contributed by atoms with E-state index in [0.717, 1.165) is 0 Å². The van der Waals surface area contributed by atoms with Gasteiger partial charge in [0.05, 0.1) is 6.61 Å². The Hall–Kier alpha value is -1.88. The molecule has 0 aromatic heterocycles. The van der Waals surface area contributed by atoms with Gasteiger partial charge in [0, 0.05) is 11.1 Å². The Morgan fingerprint density at radius 1 is 1.16 bits per heavy atom. The maximum absolute atomic E-state index is 12.3. The number of rotatable bonds is 4. The Labute approximate surface area is 112 Å². The number of benzene rings is 1. The highest BCUT2D eigenvalue weighted by atomic mass is 16.4. The highest BCUT2D eigenvalue weighted by molar-refractivity contribution is 5.96. The zero-order valence-electron chi connectivity index (χ0n) is 11.4. The molecule has 5 heteroatoms. The first-order valence-electron chi connectivity index (χ1n) is 5.99. The summed E-state index contributed by atoms with van der Waals surface area (Å²) < 4.78 is 0. The van der Waals surface area contributed by atoms with E-state index < -0.39 is 11.5 Å². The molecule has 0 atom stereocenters. The minimum atomic E-state index is -1.05. The number of carbonyl (C=O) groups excluding carboxylic acids is 1. The van der Waals surface area contributed by atoms with Crippen LogP contribution in [0.1, 0.15) is 36.7 Å². The van der Waals surface area contributed by atoms with Gasteiger partial charge >= 0.3 is 5.97 Å². The van der Waals surface area contributed by atoms with Gasteiger partial charge in [-0.05, 0) is 38.5 Å². The topological polar surface area (TPSA) is 77.8 Å². The van der Waals surface area contributed by atoms with E-state index in [1.165, 1.54) is 4.90 Å². The standard InChI is InChI=1S/C14H19NO4/c1-14(2,3)15(8-12(17)18)13(19)11-6-4-10(9-16)5-7-11/h4-7,16H,8-9H2,1-3H3,(H,17,18). The number of aliphatic hydroxyl groups excluding tert-OH is 1. The number of hydrogen-bond acceptors (Lipinski definition) is 3. The number of aliphatic hydroxyl groups is 1. The SMILES string of the molecule is CC(C)(C)N(CC(=O)O)C(=O)c1ccc(CO)cc1. The van der Waals surface area contributed by atoms with Crippen molar-refractivity contribution < 1.29 is 19.8 Å². The Morgan fingerprint density at radius 3 is 2.05 bits per heavy atom. The van der Waals surface area contributed by atoms with E-state index in [1.807, 2.05) is 0 Å². The third-order valence-electron chi connectivity index (χ3n) is 2.73. The Morgan fingerprint density at radius 2 is 1.68 bits per heavy atom. The molecule has 1 aromatic carbocycles. The second-order valence-electron chi connectivity index (χ2n) is 5.31. The van der Waals surface area contributed by atoms with Gasteiger partial charge in [-0.15, -0.1) is 0 Å². The van der Waals surface area contributed by atoms with Gasteiger partial charge < -0.3 is 15.1 Å². The number of hydrogen-bond donors (Lipinski definition) is 2. The van der Waals surface area contributed by atoms with E-state index >= 15 is 0 Å².